The molecule has 0 amide bonds. The van der Waals surface area contributed by atoms with E-state index in [1.165, 1.54) is 32.1 Å². The van der Waals surface area contributed by atoms with Crippen LogP contribution in [-0.4, -0.2) is 7.11 Å². The highest BCUT2D eigenvalue weighted by atomic mass is 79.9. The molecule has 1 aliphatic rings. The monoisotopic (exact) mass is 345 g/mol. The summed E-state index contributed by atoms with van der Waals surface area (Å²) < 4.78 is 6.33. The van der Waals surface area contributed by atoms with E-state index in [0.717, 1.165) is 28.1 Å². The zero-order valence-corrected chi connectivity index (χ0v) is 13.6. The first kappa shape index (κ1) is 15.1. The maximum Gasteiger partial charge on any atom is 0.137 e. The summed E-state index contributed by atoms with van der Waals surface area (Å²) in [6.07, 6.45) is 7.68. The highest BCUT2D eigenvalue weighted by molar-refractivity contribution is 9.10. The van der Waals surface area contributed by atoms with Gasteiger partial charge in [0.25, 0.3) is 0 Å². The molecule has 0 bridgehead atoms. The molecular weight excluding hydrogens is 326 g/mol. The Labute approximate surface area is 128 Å². The molecule has 19 heavy (non-hydrogen) atoms. The fourth-order valence-electron chi connectivity index (χ4n) is 2.98. The fraction of sp³-hybridized carbons (Fsp3) is 0.600. The van der Waals surface area contributed by atoms with E-state index in [1.54, 1.807) is 7.11 Å². The third kappa shape index (κ3) is 3.87. The van der Waals surface area contributed by atoms with Crippen LogP contribution in [0.15, 0.2) is 16.6 Å². The summed E-state index contributed by atoms with van der Waals surface area (Å²) in [6, 6.07) is 3.77. The van der Waals surface area contributed by atoms with Crippen LogP contribution in [-0.2, 0) is 0 Å². The number of nitrogens with two attached hydrogens (primary N) is 1. The molecule has 0 radical (unpaired) electrons. The number of halogens is 2. The second-order valence-electron chi connectivity index (χ2n) is 5.36. The van der Waals surface area contributed by atoms with Gasteiger partial charge in [-0.2, -0.15) is 0 Å². The first-order valence-electron chi connectivity index (χ1n) is 6.90. The summed E-state index contributed by atoms with van der Waals surface area (Å²) in [5, 5.41) is 0.696. The minimum Gasteiger partial charge on any atom is -0.495 e. The fourth-order valence-corrected chi connectivity index (χ4v) is 3.98. The molecule has 0 aromatic heterocycles. The molecule has 1 aliphatic carbocycles. The Bertz CT molecular complexity index is 432. The second-order valence-corrected chi connectivity index (χ2v) is 6.65. The molecule has 2 rings (SSSR count). The zero-order chi connectivity index (χ0) is 13.8. The van der Waals surface area contributed by atoms with Crippen LogP contribution in [0, 0.1) is 5.92 Å². The maximum atomic E-state index is 6.38. The lowest BCUT2D eigenvalue weighted by Gasteiger charge is -2.25. The standard InChI is InChI=1S/C15H21BrClNO/c1-19-15-12(8-11(17)9-13(15)16)14(18)7-10-5-3-2-4-6-10/h8-10,14H,2-7,18H2,1H3. The number of rotatable bonds is 4. The largest absolute Gasteiger partial charge is 0.495 e. The lowest BCUT2D eigenvalue weighted by Crippen LogP contribution is -2.18. The van der Waals surface area contributed by atoms with Gasteiger partial charge in [-0.15, -0.1) is 0 Å². The van der Waals surface area contributed by atoms with Gasteiger partial charge in [-0.25, -0.2) is 0 Å². The second kappa shape index (κ2) is 6.96. The summed E-state index contributed by atoms with van der Waals surface area (Å²) in [4.78, 5) is 0. The molecule has 2 nitrogen and oxygen atoms in total. The molecule has 0 aliphatic heterocycles. The lowest BCUT2D eigenvalue weighted by atomic mass is 9.83. The van der Waals surface area contributed by atoms with Crippen LogP contribution in [0.4, 0.5) is 0 Å². The Morgan fingerprint density at radius 1 is 1.37 bits per heavy atom. The Balaban J connectivity index is 2.15. The van der Waals surface area contributed by atoms with E-state index in [2.05, 4.69) is 15.9 Å². The number of hydrogen-bond donors (Lipinski definition) is 1. The molecule has 4 heteroatoms. The van der Waals surface area contributed by atoms with Crippen LogP contribution in [0.25, 0.3) is 0 Å². The first-order valence-corrected chi connectivity index (χ1v) is 8.07. The Morgan fingerprint density at radius 3 is 2.68 bits per heavy atom. The van der Waals surface area contributed by atoms with Gasteiger partial charge in [0, 0.05) is 16.6 Å². The van der Waals surface area contributed by atoms with Crippen molar-refractivity contribution < 1.29 is 4.74 Å². The average Bonchev–Trinajstić information content (AvgIpc) is 2.39. The van der Waals surface area contributed by atoms with E-state index < -0.39 is 0 Å². The summed E-state index contributed by atoms with van der Waals surface area (Å²) in [5.74, 6) is 1.55. The van der Waals surface area contributed by atoms with Crippen molar-refractivity contribution in [1.29, 1.82) is 0 Å². The minimum absolute atomic E-state index is 0.00644. The molecule has 106 valence electrons. The number of hydrogen-bond acceptors (Lipinski definition) is 2. The first-order chi connectivity index (χ1) is 9.11. The van der Waals surface area contributed by atoms with Gasteiger partial charge in [-0.3, -0.25) is 0 Å². The highest BCUT2D eigenvalue weighted by Crippen LogP contribution is 2.38. The maximum absolute atomic E-state index is 6.38. The Hall–Kier alpha value is -0.250. The Kier molecular flexibility index (Phi) is 5.55. The summed E-state index contributed by atoms with van der Waals surface area (Å²) in [5.41, 5.74) is 7.39. The Morgan fingerprint density at radius 2 is 2.05 bits per heavy atom. The smallest absolute Gasteiger partial charge is 0.137 e. The van der Waals surface area contributed by atoms with Gasteiger partial charge < -0.3 is 10.5 Å². The number of methoxy groups -OCH3 is 1. The van der Waals surface area contributed by atoms with Crippen LogP contribution in [0.3, 0.4) is 0 Å². The van der Waals surface area contributed by atoms with Crippen molar-refractivity contribution in [2.24, 2.45) is 11.7 Å². The zero-order valence-electron chi connectivity index (χ0n) is 11.3. The van der Waals surface area contributed by atoms with Crippen molar-refractivity contribution in [3.63, 3.8) is 0 Å². The van der Waals surface area contributed by atoms with E-state index in [4.69, 9.17) is 22.1 Å². The molecule has 2 N–H and O–H groups in total. The average molecular weight is 347 g/mol. The minimum atomic E-state index is -0.00644. The third-order valence-electron chi connectivity index (χ3n) is 3.95. The SMILES string of the molecule is COc1c(Br)cc(Cl)cc1C(N)CC1CCCCC1. The van der Waals surface area contributed by atoms with Gasteiger partial charge in [-0.1, -0.05) is 43.7 Å². The molecule has 0 saturated heterocycles. The molecular formula is C15H21BrClNO. The van der Waals surface area contributed by atoms with E-state index in [-0.39, 0.29) is 6.04 Å². The van der Waals surface area contributed by atoms with Crippen LogP contribution >= 0.6 is 27.5 Å². The highest BCUT2D eigenvalue weighted by Gasteiger charge is 2.21. The van der Waals surface area contributed by atoms with Gasteiger partial charge in [-0.05, 0) is 40.4 Å². The van der Waals surface area contributed by atoms with Crippen molar-refractivity contribution in [1.82, 2.24) is 0 Å². The van der Waals surface area contributed by atoms with Crippen molar-refractivity contribution in [2.45, 2.75) is 44.6 Å². The summed E-state index contributed by atoms with van der Waals surface area (Å²) >= 11 is 9.61. The van der Waals surface area contributed by atoms with E-state index in [1.807, 2.05) is 12.1 Å². The van der Waals surface area contributed by atoms with Gasteiger partial charge in [0.15, 0.2) is 0 Å². The van der Waals surface area contributed by atoms with Crippen molar-refractivity contribution in [3.05, 3.63) is 27.2 Å². The van der Waals surface area contributed by atoms with Gasteiger partial charge in [0.05, 0.1) is 11.6 Å². The van der Waals surface area contributed by atoms with Crippen LogP contribution in [0.1, 0.15) is 50.1 Å². The molecule has 1 atom stereocenters. The van der Waals surface area contributed by atoms with Crippen molar-refractivity contribution >= 4 is 27.5 Å². The third-order valence-corrected chi connectivity index (χ3v) is 4.76. The van der Waals surface area contributed by atoms with E-state index in [9.17, 15) is 0 Å². The molecule has 0 spiro atoms. The van der Waals surface area contributed by atoms with Crippen molar-refractivity contribution in [3.8, 4) is 5.75 Å². The van der Waals surface area contributed by atoms with Crippen LogP contribution < -0.4 is 10.5 Å². The molecule has 1 aromatic carbocycles. The number of ether oxygens (including phenoxy) is 1. The van der Waals surface area contributed by atoms with Crippen molar-refractivity contribution in [2.75, 3.05) is 7.11 Å². The quantitative estimate of drug-likeness (QED) is 0.825. The number of benzene rings is 1. The summed E-state index contributed by atoms with van der Waals surface area (Å²) in [7, 11) is 1.67. The molecule has 0 heterocycles. The van der Waals surface area contributed by atoms with Gasteiger partial charge >= 0.3 is 0 Å². The van der Waals surface area contributed by atoms with E-state index in [0.29, 0.717) is 5.02 Å². The summed E-state index contributed by atoms with van der Waals surface area (Å²) in [6.45, 7) is 0. The van der Waals surface area contributed by atoms with Gasteiger partial charge in [0.1, 0.15) is 5.75 Å². The van der Waals surface area contributed by atoms with Crippen LogP contribution in [0.5, 0.6) is 5.75 Å². The molecule has 1 fully saturated rings. The van der Waals surface area contributed by atoms with Crippen LogP contribution in [0.2, 0.25) is 5.02 Å². The molecule has 1 aromatic rings. The van der Waals surface area contributed by atoms with E-state index >= 15 is 0 Å². The topological polar surface area (TPSA) is 35.2 Å². The normalized spacial score (nSPS) is 18.3. The molecule has 1 saturated carbocycles. The predicted molar refractivity (Wildman–Crippen MR) is 83.8 cm³/mol. The molecule has 1 unspecified atom stereocenters. The predicted octanol–water partition coefficient (Wildman–Crippen LogP) is 5.08. The lowest BCUT2D eigenvalue weighted by molar-refractivity contribution is 0.315. The van der Waals surface area contributed by atoms with Gasteiger partial charge in [0.2, 0.25) is 0 Å².